The van der Waals surface area contributed by atoms with Gasteiger partial charge in [0.2, 0.25) is 5.95 Å². The summed E-state index contributed by atoms with van der Waals surface area (Å²) in [4.78, 5) is 24.2. The second-order valence-electron chi connectivity index (χ2n) is 8.75. The van der Waals surface area contributed by atoms with E-state index in [0.29, 0.717) is 22.5 Å². The fourth-order valence-corrected chi connectivity index (χ4v) is 4.85. The molecule has 2 aliphatic rings. The molecule has 0 bridgehead atoms. The predicted molar refractivity (Wildman–Crippen MR) is 125 cm³/mol. The molecule has 8 heteroatoms. The highest BCUT2D eigenvalue weighted by molar-refractivity contribution is 5.79. The molecule has 0 atom stereocenters. The van der Waals surface area contributed by atoms with Gasteiger partial charge in [-0.3, -0.25) is 9.36 Å². The van der Waals surface area contributed by atoms with Gasteiger partial charge in [0.15, 0.2) is 5.82 Å². The minimum atomic E-state index is -0.701. The molecule has 1 aliphatic heterocycles. The largest absolute Gasteiger partial charge is 0.370 e. The molecule has 0 spiro atoms. The number of aryl methyl sites for hydroxylation is 1. The van der Waals surface area contributed by atoms with Crippen LogP contribution in [-0.4, -0.2) is 40.7 Å². The van der Waals surface area contributed by atoms with Crippen molar-refractivity contribution in [3.8, 4) is 0 Å². The molecule has 7 nitrogen and oxygen atoms in total. The van der Waals surface area contributed by atoms with E-state index in [1.54, 1.807) is 17.7 Å². The third-order valence-corrected chi connectivity index (χ3v) is 6.66. The molecule has 0 unspecified atom stereocenters. The molecule has 3 aromatic rings. The molecule has 1 saturated heterocycles. The van der Waals surface area contributed by atoms with Crippen LogP contribution in [0.25, 0.3) is 11.0 Å². The molecule has 1 aromatic carbocycles. The highest BCUT2D eigenvalue weighted by Gasteiger charge is 2.24. The first kappa shape index (κ1) is 20.9. The van der Waals surface area contributed by atoms with Gasteiger partial charge in [0.05, 0.1) is 0 Å². The third-order valence-electron chi connectivity index (χ3n) is 6.66. The molecule has 1 aliphatic carbocycles. The van der Waals surface area contributed by atoms with E-state index in [-0.39, 0.29) is 6.04 Å². The number of fused-ring (bicyclic) bond motifs is 1. The van der Waals surface area contributed by atoms with Gasteiger partial charge in [0.25, 0.3) is 5.56 Å². The van der Waals surface area contributed by atoms with Crippen LogP contribution >= 0.6 is 0 Å². The van der Waals surface area contributed by atoms with E-state index >= 15 is 0 Å². The summed E-state index contributed by atoms with van der Waals surface area (Å²) in [5.74, 6) is -0.297. The fourth-order valence-electron chi connectivity index (χ4n) is 4.85. The third kappa shape index (κ3) is 3.95. The van der Waals surface area contributed by atoms with Gasteiger partial charge in [-0.1, -0.05) is 12.8 Å². The Kier molecular flexibility index (Phi) is 5.78. The Hall–Kier alpha value is -3.00. The lowest BCUT2D eigenvalue weighted by Gasteiger charge is -2.22. The summed E-state index contributed by atoms with van der Waals surface area (Å²) in [5, 5.41) is 7.26. The van der Waals surface area contributed by atoms with Crippen LogP contribution in [0.5, 0.6) is 0 Å². The zero-order valence-corrected chi connectivity index (χ0v) is 18.4. The van der Waals surface area contributed by atoms with Crippen LogP contribution in [0.15, 0.2) is 35.3 Å². The number of aromatic nitrogens is 3. The molecule has 2 N–H and O–H groups in total. The van der Waals surface area contributed by atoms with Crippen LogP contribution in [0.3, 0.4) is 0 Å². The second-order valence-corrected chi connectivity index (χ2v) is 8.75. The maximum absolute atomic E-state index is 14.6. The lowest BCUT2D eigenvalue weighted by Crippen LogP contribution is -2.28. The normalized spacial score (nSPS) is 17.6. The van der Waals surface area contributed by atoms with Crippen molar-refractivity contribution < 1.29 is 4.39 Å². The van der Waals surface area contributed by atoms with E-state index in [9.17, 15) is 9.18 Å². The Morgan fingerprint density at radius 2 is 1.88 bits per heavy atom. The van der Waals surface area contributed by atoms with Crippen LogP contribution < -0.4 is 21.1 Å². The van der Waals surface area contributed by atoms with E-state index in [2.05, 4.69) is 37.6 Å². The fraction of sp³-hybridized carbons (Fsp3) is 0.458. The SMILES string of the molecule is Cc1c(F)c(=O)n(C2CCCC2)c2nc(Nc3ccc(N4CCCNCC4)cc3)ncc12. The predicted octanol–water partition coefficient (Wildman–Crippen LogP) is 3.90. The lowest BCUT2D eigenvalue weighted by molar-refractivity contribution is 0.487. The van der Waals surface area contributed by atoms with Crippen LogP contribution in [-0.2, 0) is 0 Å². The van der Waals surface area contributed by atoms with Crippen molar-refractivity contribution in [3.63, 3.8) is 0 Å². The molecule has 32 heavy (non-hydrogen) atoms. The van der Waals surface area contributed by atoms with E-state index < -0.39 is 11.4 Å². The van der Waals surface area contributed by atoms with Crippen molar-refractivity contribution in [2.45, 2.75) is 45.1 Å². The van der Waals surface area contributed by atoms with E-state index in [1.807, 2.05) is 12.1 Å². The van der Waals surface area contributed by atoms with Gasteiger partial charge >= 0.3 is 0 Å². The van der Waals surface area contributed by atoms with Crippen LogP contribution in [0.1, 0.15) is 43.7 Å². The van der Waals surface area contributed by atoms with Crippen molar-refractivity contribution in [2.24, 2.45) is 0 Å². The molecule has 2 fully saturated rings. The van der Waals surface area contributed by atoms with Crippen LogP contribution in [0.2, 0.25) is 0 Å². The quantitative estimate of drug-likeness (QED) is 0.646. The first-order chi connectivity index (χ1) is 15.6. The highest BCUT2D eigenvalue weighted by atomic mass is 19.1. The molecule has 168 valence electrons. The zero-order valence-electron chi connectivity index (χ0n) is 18.4. The standard InChI is InChI=1S/C24H29FN6O/c1-16-20-15-27-24(29-22(20)31(23(32)21(16)25)19-5-2-3-6-19)28-17-7-9-18(10-8-17)30-13-4-11-26-12-14-30/h7-10,15,19,26H,2-6,11-14H2,1H3,(H,27,28,29). The van der Waals surface area contributed by atoms with Gasteiger partial charge in [-0.05, 0) is 57.0 Å². The van der Waals surface area contributed by atoms with Crippen molar-refractivity contribution in [1.82, 2.24) is 19.9 Å². The molecule has 2 aromatic heterocycles. The van der Waals surface area contributed by atoms with E-state index in [4.69, 9.17) is 0 Å². The first-order valence-corrected chi connectivity index (χ1v) is 11.5. The molecule has 1 saturated carbocycles. The Balaban J connectivity index is 1.45. The van der Waals surface area contributed by atoms with Gasteiger partial charge in [0.1, 0.15) is 5.65 Å². The lowest BCUT2D eigenvalue weighted by atomic mass is 10.1. The minimum absolute atomic E-state index is 0.00903. The number of benzene rings is 1. The number of nitrogens with one attached hydrogen (secondary N) is 2. The number of hydrogen-bond donors (Lipinski definition) is 2. The Bertz CT molecular complexity index is 1160. The molecular formula is C24H29FN6O. The summed E-state index contributed by atoms with van der Waals surface area (Å²) >= 11 is 0. The summed E-state index contributed by atoms with van der Waals surface area (Å²) in [6.45, 7) is 5.71. The summed E-state index contributed by atoms with van der Waals surface area (Å²) in [7, 11) is 0. The number of nitrogens with zero attached hydrogens (tertiary/aromatic N) is 4. The minimum Gasteiger partial charge on any atom is -0.370 e. The zero-order chi connectivity index (χ0) is 22.1. The van der Waals surface area contributed by atoms with Crippen LogP contribution in [0.4, 0.5) is 21.7 Å². The number of anilines is 3. The van der Waals surface area contributed by atoms with Gasteiger partial charge in [-0.2, -0.15) is 4.98 Å². The first-order valence-electron chi connectivity index (χ1n) is 11.5. The average Bonchev–Trinajstić information content (AvgIpc) is 3.19. The van der Waals surface area contributed by atoms with Crippen molar-refractivity contribution in [3.05, 3.63) is 52.2 Å². The summed E-state index contributed by atoms with van der Waals surface area (Å²) in [5.41, 5.74) is 2.30. The smallest absolute Gasteiger partial charge is 0.288 e. The summed E-state index contributed by atoms with van der Waals surface area (Å²) in [6.07, 6.45) is 6.59. The molecule has 3 heterocycles. The Morgan fingerprint density at radius 3 is 2.66 bits per heavy atom. The summed E-state index contributed by atoms with van der Waals surface area (Å²) in [6, 6.07) is 8.22. The van der Waals surface area contributed by atoms with Gasteiger partial charge in [-0.15, -0.1) is 0 Å². The van der Waals surface area contributed by atoms with E-state index in [1.165, 1.54) is 5.69 Å². The number of halogens is 1. The highest BCUT2D eigenvalue weighted by Crippen LogP contribution is 2.31. The summed E-state index contributed by atoms with van der Waals surface area (Å²) < 4.78 is 16.2. The Morgan fingerprint density at radius 1 is 1.09 bits per heavy atom. The van der Waals surface area contributed by atoms with E-state index in [0.717, 1.165) is 64.0 Å². The Labute approximate surface area is 186 Å². The van der Waals surface area contributed by atoms with Gasteiger partial charge in [-0.25, -0.2) is 9.37 Å². The second kappa shape index (κ2) is 8.86. The topological polar surface area (TPSA) is 75.1 Å². The maximum Gasteiger partial charge on any atom is 0.288 e. The molecule has 5 rings (SSSR count). The van der Waals surface area contributed by atoms with Crippen LogP contribution in [0, 0.1) is 12.7 Å². The van der Waals surface area contributed by atoms with Gasteiger partial charge < -0.3 is 15.5 Å². The monoisotopic (exact) mass is 436 g/mol. The van der Waals surface area contributed by atoms with Gasteiger partial charge in [0, 0.05) is 54.2 Å². The van der Waals surface area contributed by atoms with Crippen molar-refractivity contribution >= 4 is 28.4 Å². The molecule has 0 amide bonds. The van der Waals surface area contributed by atoms with Crippen molar-refractivity contribution in [1.29, 1.82) is 0 Å². The average molecular weight is 437 g/mol. The molecular weight excluding hydrogens is 407 g/mol. The van der Waals surface area contributed by atoms with Crippen molar-refractivity contribution in [2.75, 3.05) is 36.4 Å². The number of pyridine rings is 1. The maximum atomic E-state index is 14.6. The number of hydrogen-bond acceptors (Lipinski definition) is 6. The number of rotatable bonds is 4. The molecule has 0 radical (unpaired) electrons.